The normalized spacial score (nSPS) is 32.7. The number of benzene rings is 1. The molecule has 2 aliphatic heterocycles. The number of anilines is 1. The summed E-state index contributed by atoms with van der Waals surface area (Å²) >= 11 is 0. The van der Waals surface area contributed by atoms with E-state index >= 15 is 0 Å². The molecule has 0 radical (unpaired) electrons. The highest BCUT2D eigenvalue weighted by Gasteiger charge is 2.47. The number of allylic oxidation sites excluding steroid dienone is 2. The van der Waals surface area contributed by atoms with Crippen molar-refractivity contribution in [3.05, 3.63) is 72.5 Å². The Labute approximate surface area is 238 Å². The van der Waals surface area contributed by atoms with Crippen LogP contribution in [0.2, 0.25) is 0 Å². The van der Waals surface area contributed by atoms with E-state index in [0.29, 0.717) is 17.2 Å². The van der Waals surface area contributed by atoms with E-state index in [4.69, 9.17) is 15.5 Å². The van der Waals surface area contributed by atoms with Crippen LogP contribution in [0.4, 0.5) is 10.2 Å². The van der Waals surface area contributed by atoms with Crippen molar-refractivity contribution in [1.82, 2.24) is 14.9 Å². The van der Waals surface area contributed by atoms with Gasteiger partial charge in [-0.15, -0.1) is 0 Å². The van der Waals surface area contributed by atoms with Gasteiger partial charge >= 0.3 is 0 Å². The second-order valence-electron chi connectivity index (χ2n) is 13.0. The summed E-state index contributed by atoms with van der Waals surface area (Å²) in [4.78, 5) is 14.2. The van der Waals surface area contributed by atoms with Gasteiger partial charge in [-0.05, 0) is 80.7 Å². The first-order valence-corrected chi connectivity index (χ1v) is 15.2. The molecule has 1 saturated carbocycles. The van der Waals surface area contributed by atoms with Crippen LogP contribution in [0.5, 0.6) is 5.75 Å². The number of nitrogens with two attached hydrogens (primary N) is 1. The third-order valence-corrected chi connectivity index (χ3v) is 9.98. The summed E-state index contributed by atoms with van der Waals surface area (Å²) in [7, 11) is 0. The lowest BCUT2D eigenvalue weighted by molar-refractivity contribution is 0.0530. The third-order valence-electron chi connectivity index (χ3n) is 9.98. The molecule has 7 heteroatoms. The van der Waals surface area contributed by atoms with Crippen molar-refractivity contribution in [2.24, 2.45) is 23.0 Å². The molecule has 0 amide bonds. The zero-order valence-corrected chi connectivity index (χ0v) is 24.0. The third kappa shape index (κ3) is 5.42. The topological polar surface area (TPSA) is 67.5 Å². The first-order chi connectivity index (χ1) is 19.4. The molecule has 1 aromatic carbocycles. The largest absolute Gasteiger partial charge is 0.476 e. The lowest BCUT2D eigenvalue weighted by Gasteiger charge is -2.43. The molecule has 3 fully saturated rings. The Morgan fingerprint density at radius 2 is 1.85 bits per heavy atom. The number of hydrogen-bond donors (Lipinski definition) is 1. The van der Waals surface area contributed by atoms with Crippen LogP contribution in [0.15, 0.2) is 66.9 Å². The number of halogens is 1. The van der Waals surface area contributed by atoms with Gasteiger partial charge < -0.3 is 20.3 Å². The highest BCUT2D eigenvalue weighted by atomic mass is 19.1. The first-order valence-electron chi connectivity index (χ1n) is 15.2. The maximum Gasteiger partial charge on any atom is 0.181 e. The quantitative estimate of drug-likeness (QED) is 0.469. The number of rotatable bonds is 7. The van der Waals surface area contributed by atoms with Gasteiger partial charge in [0.1, 0.15) is 17.8 Å². The fourth-order valence-electron chi connectivity index (χ4n) is 7.62. The van der Waals surface area contributed by atoms with E-state index in [0.717, 1.165) is 43.4 Å². The summed E-state index contributed by atoms with van der Waals surface area (Å²) in [5.74, 6) is 1.89. The van der Waals surface area contributed by atoms with Crippen LogP contribution < -0.4 is 15.4 Å². The van der Waals surface area contributed by atoms with Gasteiger partial charge in [0, 0.05) is 43.6 Å². The highest BCUT2D eigenvalue weighted by Crippen LogP contribution is 2.47. The fraction of sp³-hybridized carbons (Fsp3) is 0.576. The molecular formula is C33H44FN5O. The van der Waals surface area contributed by atoms with Crippen molar-refractivity contribution in [3.63, 3.8) is 0 Å². The molecule has 1 spiro atoms. The predicted octanol–water partition coefficient (Wildman–Crippen LogP) is 5.88. The molecule has 1 aromatic heterocycles. The molecule has 2 aromatic rings. The molecule has 2 N–H and O–H groups in total. The minimum absolute atomic E-state index is 0.0778. The minimum atomic E-state index is -0.763. The molecule has 3 heterocycles. The van der Waals surface area contributed by atoms with Crippen molar-refractivity contribution in [2.75, 3.05) is 37.6 Å². The van der Waals surface area contributed by atoms with Crippen molar-refractivity contribution >= 4 is 5.82 Å². The SMILES string of the molecule is CC(C)C1(Oc2cncnc2N2CCC3(CCN(CC4CCC(N)CC4)C3)C2)C=CC(F)=CC1c1ccccc1. The predicted molar refractivity (Wildman–Crippen MR) is 158 cm³/mol. The summed E-state index contributed by atoms with van der Waals surface area (Å²) in [5.41, 5.74) is 6.71. The molecule has 4 aliphatic rings. The van der Waals surface area contributed by atoms with Gasteiger partial charge in [-0.25, -0.2) is 14.4 Å². The number of likely N-dealkylation sites (tertiary alicyclic amines) is 1. The maximum atomic E-state index is 14.6. The van der Waals surface area contributed by atoms with Gasteiger partial charge in [0.25, 0.3) is 0 Å². The lowest BCUT2D eigenvalue weighted by Crippen LogP contribution is -2.46. The van der Waals surface area contributed by atoms with Crippen LogP contribution in [-0.4, -0.2) is 59.2 Å². The molecule has 3 unspecified atom stereocenters. The van der Waals surface area contributed by atoms with Gasteiger partial charge in [0.15, 0.2) is 11.6 Å². The van der Waals surface area contributed by atoms with Crippen molar-refractivity contribution in [1.29, 1.82) is 0 Å². The van der Waals surface area contributed by atoms with Crippen molar-refractivity contribution < 1.29 is 9.13 Å². The van der Waals surface area contributed by atoms with Crippen molar-refractivity contribution in [2.45, 2.75) is 69.9 Å². The van der Waals surface area contributed by atoms with Gasteiger partial charge in [0.05, 0.1) is 6.20 Å². The zero-order chi connectivity index (χ0) is 27.7. The van der Waals surface area contributed by atoms with Crippen molar-refractivity contribution in [3.8, 4) is 5.75 Å². The van der Waals surface area contributed by atoms with Crippen LogP contribution in [0, 0.1) is 17.3 Å². The van der Waals surface area contributed by atoms with Crippen LogP contribution in [0.25, 0.3) is 0 Å². The first kappa shape index (κ1) is 27.4. The molecule has 6 rings (SSSR count). The minimum Gasteiger partial charge on any atom is -0.476 e. The molecular weight excluding hydrogens is 501 g/mol. The molecule has 2 aliphatic carbocycles. The van der Waals surface area contributed by atoms with Gasteiger partial charge in [0.2, 0.25) is 0 Å². The van der Waals surface area contributed by atoms with Crippen LogP contribution in [-0.2, 0) is 0 Å². The van der Waals surface area contributed by atoms with E-state index in [1.54, 1.807) is 24.7 Å². The number of hydrogen-bond acceptors (Lipinski definition) is 6. The van der Waals surface area contributed by atoms with E-state index in [9.17, 15) is 4.39 Å². The summed E-state index contributed by atoms with van der Waals surface area (Å²) < 4.78 is 21.6. The van der Waals surface area contributed by atoms with Crippen LogP contribution in [0.3, 0.4) is 0 Å². The Bertz CT molecular complexity index is 1230. The Balaban J connectivity index is 1.20. The summed E-state index contributed by atoms with van der Waals surface area (Å²) in [6.45, 7) is 9.77. The average molecular weight is 546 g/mol. The lowest BCUT2D eigenvalue weighted by atomic mass is 9.72. The Hall–Kier alpha value is -2.77. The second kappa shape index (κ2) is 11.2. The van der Waals surface area contributed by atoms with Crippen LogP contribution in [0.1, 0.15) is 63.9 Å². The highest BCUT2D eigenvalue weighted by molar-refractivity contribution is 5.53. The second-order valence-corrected chi connectivity index (χ2v) is 13.0. The summed E-state index contributed by atoms with van der Waals surface area (Å²) in [6.07, 6.45) is 15.8. The maximum absolute atomic E-state index is 14.6. The van der Waals surface area contributed by atoms with E-state index in [1.807, 2.05) is 36.4 Å². The number of nitrogens with zero attached hydrogens (tertiary/aromatic N) is 4. The zero-order valence-electron chi connectivity index (χ0n) is 24.0. The van der Waals surface area contributed by atoms with Gasteiger partial charge in [-0.2, -0.15) is 0 Å². The van der Waals surface area contributed by atoms with E-state index in [-0.39, 0.29) is 17.7 Å². The van der Waals surface area contributed by atoms with Gasteiger partial charge in [-0.3, -0.25) is 0 Å². The van der Waals surface area contributed by atoms with E-state index < -0.39 is 5.60 Å². The standard InChI is InChI=1S/C33H44FN5O/c1-24(2)33(13-12-27(34)18-29(33)26-6-4-3-5-7-26)40-30-19-36-23-37-31(30)39-17-15-32(22-39)14-16-38(21-32)20-25-8-10-28(35)11-9-25/h3-7,12-13,18-19,23-25,28-29H,8-11,14-17,20-22,35H2,1-2H3. The molecule has 214 valence electrons. The average Bonchev–Trinajstić information content (AvgIpc) is 3.57. The number of aromatic nitrogens is 2. The van der Waals surface area contributed by atoms with E-state index in [1.165, 1.54) is 45.2 Å². The molecule has 3 atom stereocenters. The Kier molecular flexibility index (Phi) is 7.71. The van der Waals surface area contributed by atoms with E-state index in [2.05, 4.69) is 28.6 Å². The fourth-order valence-corrected chi connectivity index (χ4v) is 7.62. The van der Waals surface area contributed by atoms with Gasteiger partial charge in [-0.1, -0.05) is 44.2 Å². The molecule has 6 nitrogen and oxygen atoms in total. The molecule has 0 bridgehead atoms. The van der Waals surface area contributed by atoms with Crippen LogP contribution >= 0.6 is 0 Å². The summed E-state index contributed by atoms with van der Waals surface area (Å²) in [5, 5.41) is 0. The smallest absolute Gasteiger partial charge is 0.181 e. The monoisotopic (exact) mass is 545 g/mol. The Morgan fingerprint density at radius 3 is 2.62 bits per heavy atom. The summed E-state index contributed by atoms with van der Waals surface area (Å²) in [6, 6.07) is 10.5. The Morgan fingerprint density at radius 1 is 1.07 bits per heavy atom. The molecule has 2 saturated heterocycles. The number of ether oxygens (including phenoxy) is 1. The molecule has 40 heavy (non-hydrogen) atoms.